The number of nitrogens with zero attached hydrogens (tertiary/aromatic N) is 2. The lowest BCUT2D eigenvalue weighted by Crippen LogP contribution is -2.29. The highest BCUT2D eigenvalue weighted by molar-refractivity contribution is 7.18. The van der Waals surface area contributed by atoms with Gasteiger partial charge in [-0.1, -0.05) is 11.3 Å². The van der Waals surface area contributed by atoms with Gasteiger partial charge in [0, 0.05) is 11.3 Å². The molecule has 0 spiro atoms. The summed E-state index contributed by atoms with van der Waals surface area (Å²) in [6.45, 7) is 0. The minimum absolute atomic E-state index is 0.214. The monoisotopic (exact) mass is 288 g/mol. The van der Waals surface area contributed by atoms with E-state index in [1.165, 1.54) is 0 Å². The van der Waals surface area contributed by atoms with Gasteiger partial charge in [0.15, 0.2) is 0 Å². The van der Waals surface area contributed by atoms with Gasteiger partial charge in [0.1, 0.15) is 5.01 Å². The van der Waals surface area contributed by atoms with Crippen molar-refractivity contribution in [2.45, 2.75) is 6.18 Å². The van der Waals surface area contributed by atoms with Crippen molar-refractivity contribution >= 4 is 28.1 Å². The van der Waals surface area contributed by atoms with Crippen molar-refractivity contribution in [3.8, 4) is 10.6 Å². The van der Waals surface area contributed by atoms with Crippen molar-refractivity contribution in [2.75, 3.05) is 11.1 Å². The van der Waals surface area contributed by atoms with Crippen molar-refractivity contribution in [1.82, 2.24) is 10.2 Å². The lowest BCUT2D eigenvalue weighted by Gasteiger charge is -2.03. The Labute approximate surface area is 109 Å². The van der Waals surface area contributed by atoms with Gasteiger partial charge < -0.3 is 5.73 Å². The fraction of sp³-hybridized carbons (Fsp3) is 0.100. The summed E-state index contributed by atoms with van der Waals surface area (Å²) in [5.74, 6) is -2.08. The quantitative estimate of drug-likeness (QED) is 0.831. The van der Waals surface area contributed by atoms with Crippen molar-refractivity contribution < 1.29 is 18.0 Å². The molecule has 1 aromatic carbocycles. The first-order valence-electron chi connectivity index (χ1n) is 4.94. The predicted octanol–water partition coefficient (Wildman–Crippen LogP) is 2.29. The van der Waals surface area contributed by atoms with Gasteiger partial charge in [0.25, 0.3) is 0 Å². The number of benzene rings is 1. The number of alkyl halides is 3. The molecule has 0 aliphatic rings. The number of aromatic nitrogens is 2. The van der Waals surface area contributed by atoms with Crippen LogP contribution in [0.3, 0.4) is 0 Å². The van der Waals surface area contributed by atoms with Gasteiger partial charge in [-0.2, -0.15) is 13.2 Å². The first-order valence-corrected chi connectivity index (χ1v) is 5.75. The maximum absolute atomic E-state index is 12.0. The molecule has 19 heavy (non-hydrogen) atoms. The molecule has 100 valence electrons. The number of rotatable bonds is 2. The molecule has 0 aliphatic heterocycles. The number of halogens is 3. The first kappa shape index (κ1) is 13.3. The molecule has 1 aromatic heterocycles. The largest absolute Gasteiger partial charge is 0.471 e. The molecule has 2 aromatic rings. The summed E-state index contributed by atoms with van der Waals surface area (Å²) in [5.41, 5.74) is 6.72. The van der Waals surface area contributed by atoms with Crippen LogP contribution in [0.15, 0.2) is 24.3 Å². The van der Waals surface area contributed by atoms with Crippen LogP contribution in [0.5, 0.6) is 0 Å². The molecule has 0 atom stereocenters. The molecule has 2 rings (SSSR count). The Kier molecular flexibility index (Phi) is 3.38. The topological polar surface area (TPSA) is 80.9 Å². The third kappa shape index (κ3) is 3.19. The zero-order valence-electron chi connectivity index (χ0n) is 9.23. The molecule has 0 aliphatic carbocycles. The maximum atomic E-state index is 12.0. The standard InChI is InChI=1S/C10H7F3N4OS/c11-10(12,13)8(18)15-9-17-16-7(19-9)5-1-3-6(14)4-2-5/h1-4H,14H2,(H,15,17,18). The van der Waals surface area contributed by atoms with Crippen LogP contribution in [0.1, 0.15) is 0 Å². The van der Waals surface area contributed by atoms with Crippen molar-refractivity contribution in [3.05, 3.63) is 24.3 Å². The Balaban J connectivity index is 2.16. The summed E-state index contributed by atoms with van der Waals surface area (Å²) in [6, 6.07) is 6.58. The van der Waals surface area contributed by atoms with E-state index in [1.807, 2.05) is 0 Å². The van der Waals surface area contributed by atoms with Gasteiger partial charge in [0.05, 0.1) is 0 Å². The van der Waals surface area contributed by atoms with Crippen LogP contribution in [-0.2, 0) is 4.79 Å². The number of carbonyl (C=O) groups is 1. The zero-order valence-corrected chi connectivity index (χ0v) is 10.0. The van der Waals surface area contributed by atoms with Gasteiger partial charge in [-0.15, -0.1) is 10.2 Å². The first-order chi connectivity index (χ1) is 8.86. The van der Waals surface area contributed by atoms with Crippen LogP contribution in [0.2, 0.25) is 0 Å². The molecule has 0 fully saturated rings. The summed E-state index contributed by atoms with van der Waals surface area (Å²) in [5, 5.41) is 8.98. The molecule has 0 bridgehead atoms. The van der Waals surface area contributed by atoms with E-state index in [4.69, 9.17) is 5.73 Å². The van der Waals surface area contributed by atoms with E-state index >= 15 is 0 Å². The highest BCUT2D eigenvalue weighted by Gasteiger charge is 2.39. The summed E-state index contributed by atoms with van der Waals surface area (Å²) in [7, 11) is 0. The van der Waals surface area contributed by atoms with Gasteiger partial charge in [-0.3, -0.25) is 10.1 Å². The second kappa shape index (κ2) is 4.84. The number of amides is 1. The van der Waals surface area contributed by atoms with E-state index in [2.05, 4.69) is 10.2 Å². The number of hydrogen-bond donors (Lipinski definition) is 2. The van der Waals surface area contributed by atoms with Crippen molar-refractivity contribution in [1.29, 1.82) is 0 Å². The van der Waals surface area contributed by atoms with E-state index in [0.717, 1.165) is 11.3 Å². The van der Waals surface area contributed by atoms with Crippen LogP contribution in [-0.4, -0.2) is 22.3 Å². The average Bonchev–Trinajstić information content (AvgIpc) is 2.77. The minimum atomic E-state index is -4.95. The van der Waals surface area contributed by atoms with Gasteiger partial charge in [-0.05, 0) is 24.3 Å². The molecule has 9 heteroatoms. The van der Waals surface area contributed by atoms with E-state index in [0.29, 0.717) is 16.3 Å². The van der Waals surface area contributed by atoms with E-state index in [9.17, 15) is 18.0 Å². The molecule has 3 N–H and O–H groups in total. The third-order valence-electron chi connectivity index (χ3n) is 2.06. The second-order valence-corrected chi connectivity index (χ2v) is 4.46. The zero-order chi connectivity index (χ0) is 14.0. The maximum Gasteiger partial charge on any atom is 0.471 e. The van der Waals surface area contributed by atoms with Crippen molar-refractivity contribution in [2.24, 2.45) is 0 Å². The summed E-state index contributed by atoms with van der Waals surface area (Å²) in [6.07, 6.45) is -4.95. The second-order valence-electron chi connectivity index (χ2n) is 3.49. The molecule has 0 saturated heterocycles. The molecular formula is C10H7F3N4OS. The van der Waals surface area contributed by atoms with Crippen LogP contribution in [0, 0.1) is 0 Å². The molecule has 0 saturated carbocycles. The van der Waals surface area contributed by atoms with Crippen LogP contribution < -0.4 is 11.1 Å². The van der Waals surface area contributed by atoms with E-state index < -0.39 is 12.1 Å². The number of nitrogens with two attached hydrogens (primary N) is 1. The molecule has 1 amide bonds. The molecule has 0 radical (unpaired) electrons. The van der Waals surface area contributed by atoms with Gasteiger partial charge >= 0.3 is 12.1 Å². The predicted molar refractivity (Wildman–Crippen MR) is 64.4 cm³/mol. The Hall–Kier alpha value is -2.16. The summed E-state index contributed by atoms with van der Waals surface area (Å²) < 4.78 is 36.1. The van der Waals surface area contributed by atoms with Gasteiger partial charge in [-0.25, -0.2) is 0 Å². The lowest BCUT2D eigenvalue weighted by molar-refractivity contribution is -0.167. The number of nitrogens with one attached hydrogen (secondary N) is 1. The Bertz CT molecular complexity index is 594. The smallest absolute Gasteiger partial charge is 0.399 e. The number of carbonyl (C=O) groups excluding carboxylic acids is 1. The number of nitrogen functional groups attached to an aromatic ring is 1. The van der Waals surface area contributed by atoms with Gasteiger partial charge in [0.2, 0.25) is 5.13 Å². The van der Waals surface area contributed by atoms with Crippen LogP contribution in [0.25, 0.3) is 10.6 Å². The lowest BCUT2D eigenvalue weighted by atomic mass is 10.2. The van der Waals surface area contributed by atoms with Crippen molar-refractivity contribution in [3.63, 3.8) is 0 Å². The SMILES string of the molecule is Nc1ccc(-c2nnc(NC(=O)C(F)(F)F)s2)cc1. The Morgan fingerprint density at radius 3 is 2.42 bits per heavy atom. The number of hydrogen-bond acceptors (Lipinski definition) is 5. The molecular weight excluding hydrogens is 281 g/mol. The fourth-order valence-electron chi connectivity index (χ4n) is 1.18. The normalized spacial score (nSPS) is 11.3. The Morgan fingerprint density at radius 1 is 1.21 bits per heavy atom. The van der Waals surface area contributed by atoms with Crippen LogP contribution in [0.4, 0.5) is 24.0 Å². The van der Waals surface area contributed by atoms with E-state index in [-0.39, 0.29) is 5.13 Å². The highest BCUT2D eigenvalue weighted by Crippen LogP contribution is 2.28. The average molecular weight is 288 g/mol. The number of anilines is 2. The molecule has 0 unspecified atom stereocenters. The van der Waals surface area contributed by atoms with E-state index in [1.54, 1.807) is 29.6 Å². The molecule has 1 heterocycles. The fourth-order valence-corrected chi connectivity index (χ4v) is 1.93. The summed E-state index contributed by atoms with van der Waals surface area (Å²) in [4.78, 5) is 10.7. The molecule has 5 nitrogen and oxygen atoms in total. The minimum Gasteiger partial charge on any atom is -0.399 e. The highest BCUT2D eigenvalue weighted by atomic mass is 32.1. The van der Waals surface area contributed by atoms with Crippen LogP contribution >= 0.6 is 11.3 Å². The summed E-state index contributed by atoms with van der Waals surface area (Å²) >= 11 is 0.841. The third-order valence-corrected chi connectivity index (χ3v) is 2.95. The Morgan fingerprint density at radius 2 is 1.84 bits per heavy atom.